The van der Waals surface area contributed by atoms with Gasteiger partial charge < -0.3 is 0 Å². The molecular weight excluding hydrogens is 124 g/mol. The highest BCUT2D eigenvalue weighted by Gasteiger charge is 1.98. The van der Waals surface area contributed by atoms with Crippen LogP contribution in [0.4, 0.5) is 0 Å². The lowest BCUT2D eigenvalue weighted by Crippen LogP contribution is -1.95. The molecule has 0 amide bonds. The second kappa shape index (κ2) is 4.20. The average molecular weight is 138 g/mol. The van der Waals surface area contributed by atoms with E-state index >= 15 is 0 Å². The maximum atomic E-state index is 4.20. The van der Waals surface area contributed by atoms with Gasteiger partial charge in [0, 0.05) is 6.21 Å². The van der Waals surface area contributed by atoms with Crippen LogP contribution in [0.25, 0.3) is 0 Å². The lowest BCUT2D eigenvalue weighted by atomic mass is 10.1. The van der Waals surface area contributed by atoms with E-state index < -0.39 is 0 Å². The molecule has 10 heavy (non-hydrogen) atoms. The minimum Gasteiger partial charge on any atom is -0.268 e. The van der Waals surface area contributed by atoms with E-state index in [1.54, 1.807) is 0 Å². The van der Waals surface area contributed by atoms with Crippen molar-refractivity contribution in [2.24, 2.45) is 9.98 Å². The molecule has 0 aromatic heterocycles. The summed E-state index contributed by atoms with van der Waals surface area (Å²) in [4.78, 5) is 8.22. The van der Waals surface area contributed by atoms with E-state index in [0.29, 0.717) is 6.67 Å². The van der Waals surface area contributed by atoms with Crippen LogP contribution in [-0.2, 0) is 0 Å². The molecule has 56 valence electrons. The smallest absolute Gasteiger partial charge is 0.129 e. The van der Waals surface area contributed by atoms with Crippen LogP contribution in [0.15, 0.2) is 9.98 Å². The van der Waals surface area contributed by atoms with Crippen LogP contribution in [0.1, 0.15) is 32.6 Å². The molecule has 0 bridgehead atoms. The largest absolute Gasteiger partial charge is 0.268 e. The molecule has 2 nitrogen and oxygen atoms in total. The highest BCUT2D eigenvalue weighted by atomic mass is 15.0. The molecule has 0 N–H and O–H groups in total. The molecule has 0 aromatic rings. The molecular formula is C8H14N2. The Morgan fingerprint density at radius 1 is 1.50 bits per heavy atom. The Morgan fingerprint density at radius 3 is 3.00 bits per heavy atom. The van der Waals surface area contributed by atoms with Crippen molar-refractivity contribution in [1.82, 2.24) is 0 Å². The maximum absolute atomic E-state index is 4.20. The van der Waals surface area contributed by atoms with Gasteiger partial charge >= 0.3 is 0 Å². The van der Waals surface area contributed by atoms with E-state index in [1.165, 1.54) is 25.0 Å². The van der Waals surface area contributed by atoms with Crippen molar-refractivity contribution >= 4 is 11.9 Å². The summed E-state index contributed by atoms with van der Waals surface area (Å²) in [7, 11) is 0. The summed E-state index contributed by atoms with van der Waals surface area (Å²) in [6.45, 7) is 2.88. The first-order valence-corrected chi connectivity index (χ1v) is 3.96. The molecule has 0 aromatic carbocycles. The van der Waals surface area contributed by atoms with Gasteiger partial charge in [-0.1, -0.05) is 19.8 Å². The third-order valence-electron chi connectivity index (χ3n) is 1.63. The van der Waals surface area contributed by atoms with Crippen LogP contribution < -0.4 is 0 Å². The Labute approximate surface area is 62.1 Å². The number of hydrogen-bond donors (Lipinski definition) is 0. The van der Waals surface area contributed by atoms with Crippen molar-refractivity contribution in [3.63, 3.8) is 0 Å². The van der Waals surface area contributed by atoms with E-state index in [-0.39, 0.29) is 0 Å². The quantitative estimate of drug-likeness (QED) is 0.531. The maximum Gasteiger partial charge on any atom is 0.129 e. The van der Waals surface area contributed by atoms with Crippen molar-refractivity contribution in [3.8, 4) is 0 Å². The van der Waals surface area contributed by atoms with E-state index in [4.69, 9.17) is 0 Å². The van der Waals surface area contributed by atoms with Crippen LogP contribution in [0, 0.1) is 0 Å². The Kier molecular flexibility index (Phi) is 3.13. The fraction of sp³-hybridized carbons (Fsp3) is 0.750. The van der Waals surface area contributed by atoms with Gasteiger partial charge in [0.25, 0.3) is 0 Å². The van der Waals surface area contributed by atoms with Gasteiger partial charge in [-0.05, 0) is 12.8 Å². The summed E-state index contributed by atoms with van der Waals surface area (Å²) in [6, 6.07) is 0. The summed E-state index contributed by atoms with van der Waals surface area (Å²) in [6.07, 6.45) is 6.88. The molecule has 2 heteroatoms. The van der Waals surface area contributed by atoms with Gasteiger partial charge in [-0.2, -0.15) is 0 Å². The molecule has 1 heterocycles. The van der Waals surface area contributed by atoms with E-state index in [2.05, 4.69) is 16.9 Å². The van der Waals surface area contributed by atoms with E-state index in [0.717, 1.165) is 6.42 Å². The predicted molar refractivity (Wildman–Crippen MR) is 44.9 cm³/mol. The van der Waals surface area contributed by atoms with Crippen molar-refractivity contribution < 1.29 is 0 Å². The molecule has 1 aliphatic rings. The molecule has 0 spiro atoms. The van der Waals surface area contributed by atoms with Gasteiger partial charge in [0.2, 0.25) is 0 Å². The molecule has 0 radical (unpaired) electrons. The fourth-order valence-electron chi connectivity index (χ4n) is 1.02. The van der Waals surface area contributed by atoms with Crippen molar-refractivity contribution in [2.45, 2.75) is 32.6 Å². The second-order valence-electron chi connectivity index (χ2n) is 2.56. The van der Waals surface area contributed by atoms with Gasteiger partial charge in [-0.15, -0.1) is 0 Å². The first-order valence-electron chi connectivity index (χ1n) is 3.96. The second-order valence-corrected chi connectivity index (χ2v) is 2.56. The molecule has 0 saturated carbocycles. The minimum atomic E-state index is 0.668. The van der Waals surface area contributed by atoms with E-state index in [9.17, 15) is 0 Å². The summed E-state index contributed by atoms with van der Waals surface area (Å²) >= 11 is 0. The zero-order valence-electron chi connectivity index (χ0n) is 6.51. The monoisotopic (exact) mass is 138 g/mol. The number of hydrogen-bond acceptors (Lipinski definition) is 2. The van der Waals surface area contributed by atoms with E-state index in [1.807, 2.05) is 6.21 Å². The lowest BCUT2D eigenvalue weighted by molar-refractivity contribution is 0.744. The molecule has 0 fully saturated rings. The molecule has 1 aliphatic heterocycles. The number of aliphatic imine (C=N–C) groups is 2. The van der Waals surface area contributed by atoms with Crippen molar-refractivity contribution in [3.05, 3.63) is 0 Å². The Bertz CT molecular complexity index is 147. The molecule has 0 unspecified atom stereocenters. The average Bonchev–Trinajstić information content (AvgIpc) is 2.41. The van der Waals surface area contributed by atoms with Gasteiger partial charge in [0.05, 0.1) is 5.71 Å². The van der Waals surface area contributed by atoms with Crippen LogP contribution >= 0.6 is 0 Å². The topological polar surface area (TPSA) is 24.7 Å². The van der Waals surface area contributed by atoms with Crippen molar-refractivity contribution in [2.75, 3.05) is 6.67 Å². The Balaban J connectivity index is 2.08. The van der Waals surface area contributed by atoms with Crippen LogP contribution in [0.3, 0.4) is 0 Å². The first kappa shape index (κ1) is 7.45. The van der Waals surface area contributed by atoms with Crippen LogP contribution in [-0.4, -0.2) is 18.6 Å². The lowest BCUT2D eigenvalue weighted by Gasteiger charge is -1.94. The van der Waals surface area contributed by atoms with Gasteiger partial charge in [-0.3, -0.25) is 9.98 Å². The van der Waals surface area contributed by atoms with Crippen molar-refractivity contribution in [1.29, 1.82) is 0 Å². The zero-order valence-corrected chi connectivity index (χ0v) is 6.51. The summed E-state index contributed by atoms with van der Waals surface area (Å²) in [5, 5.41) is 0. The zero-order chi connectivity index (χ0) is 7.23. The highest BCUT2D eigenvalue weighted by Crippen LogP contribution is 2.02. The summed E-state index contributed by atoms with van der Waals surface area (Å²) in [5.74, 6) is 0. The molecule has 0 saturated heterocycles. The summed E-state index contributed by atoms with van der Waals surface area (Å²) < 4.78 is 0. The highest BCUT2D eigenvalue weighted by molar-refractivity contribution is 6.31. The molecule has 0 aliphatic carbocycles. The third-order valence-corrected chi connectivity index (χ3v) is 1.63. The standard InChI is InChI=1S/C8H14N2/c1-2-3-4-5-8-6-9-7-10-8/h6H,2-5,7H2,1H3. The first-order chi connectivity index (χ1) is 4.93. The summed E-state index contributed by atoms with van der Waals surface area (Å²) in [5.41, 5.74) is 1.19. The Hall–Kier alpha value is -0.660. The van der Waals surface area contributed by atoms with Gasteiger partial charge in [0.15, 0.2) is 0 Å². The van der Waals surface area contributed by atoms with Crippen LogP contribution in [0.5, 0.6) is 0 Å². The van der Waals surface area contributed by atoms with Gasteiger partial charge in [0.1, 0.15) is 6.67 Å². The Morgan fingerprint density at radius 2 is 2.40 bits per heavy atom. The number of rotatable bonds is 4. The van der Waals surface area contributed by atoms with Gasteiger partial charge in [-0.25, -0.2) is 0 Å². The van der Waals surface area contributed by atoms with Crippen LogP contribution in [0.2, 0.25) is 0 Å². The third kappa shape index (κ3) is 2.29. The number of nitrogens with zero attached hydrogens (tertiary/aromatic N) is 2. The normalized spacial score (nSPS) is 15.9. The SMILES string of the molecule is CCCCCC1=NCN=C1. The predicted octanol–water partition coefficient (Wildman–Crippen LogP) is 2.05. The number of unbranched alkanes of at least 4 members (excludes halogenated alkanes) is 2. The fourth-order valence-corrected chi connectivity index (χ4v) is 1.02. The minimum absolute atomic E-state index is 0.668. The molecule has 0 atom stereocenters. The molecule has 1 rings (SSSR count).